The van der Waals surface area contributed by atoms with Crippen molar-refractivity contribution in [3.8, 4) is 11.5 Å². The van der Waals surface area contributed by atoms with Gasteiger partial charge >= 0.3 is 6.18 Å². The molecule has 0 bridgehead atoms. The van der Waals surface area contributed by atoms with Crippen LogP contribution in [-0.4, -0.2) is 37.0 Å². The van der Waals surface area contributed by atoms with Crippen LogP contribution in [0.15, 0.2) is 61.1 Å². The summed E-state index contributed by atoms with van der Waals surface area (Å²) in [7, 11) is 0. The highest BCUT2D eigenvalue weighted by Gasteiger charge is 2.30. The number of alkyl halides is 3. The highest BCUT2D eigenvalue weighted by Crippen LogP contribution is 2.36. The van der Waals surface area contributed by atoms with Crippen LogP contribution in [0.2, 0.25) is 5.02 Å². The van der Waals surface area contributed by atoms with Gasteiger partial charge in [-0.25, -0.2) is 9.97 Å². The number of ether oxygens (including phenoxy) is 1. The van der Waals surface area contributed by atoms with Crippen LogP contribution in [0.25, 0.3) is 11.0 Å². The third kappa shape index (κ3) is 6.07. The number of aliphatic hydroxyl groups is 2. The number of fused-ring (bicyclic) bond motifs is 1. The summed E-state index contributed by atoms with van der Waals surface area (Å²) in [5.41, 5.74) is 0.166. The van der Waals surface area contributed by atoms with Gasteiger partial charge < -0.3 is 24.8 Å². The molecule has 0 fully saturated rings. The molecule has 2 aromatic carbocycles. The summed E-state index contributed by atoms with van der Waals surface area (Å²) in [4.78, 5) is 8.63. The van der Waals surface area contributed by atoms with Crippen molar-refractivity contribution < 1.29 is 28.1 Å². The average molecular weight is 521 g/mol. The Morgan fingerprint density at radius 2 is 1.89 bits per heavy atom. The second-order valence-electron chi connectivity index (χ2n) is 8.58. The second-order valence-corrected chi connectivity index (χ2v) is 8.99. The number of aliphatic hydroxyl groups excluding tert-OH is 1. The lowest BCUT2D eigenvalue weighted by atomic mass is 9.99. The van der Waals surface area contributed by atoms with Gasteiger partial charge in [-0.15, -0.1) is 0 Å². The van der Waals surface area contributed by atoms with Crippen molar-refractivity contribution in [1.82, 2.24) is 14.5 Å². The fraction of sp³-hybridized carbons (Fsp3) is 0.280. The molecule has 4 rings (SSSR count). The Labute approximate surface area is 210 Å². The van der Waals surface area contributed by atoms with Crippen molar-refractivity contribution in [1.29, 1.82) is 0 Å². The third-order valence-corrected chi connectivity index (χ3v) is 5.97. The normalized spacial score (nSPS) is 13.5. The Morgan fingerprint density at radius 3 is 2.61 bits per heavy atom. The highest BCUT2D eigenvalue weighted by molar-refractivity contribution is 6.32. The van der Waals surface area contributed by atoms with Gasteiger partial charge in [-0.05, 0) is 62.2 Å². The van der Waals surface area contributed by atoms with E-state index < -0.39 is 17.3 Å². The molecule has 0 spiro atoms. The number of hydrogen-bond acceptors (Lipinski definition) is 6. The van der Waals surface area contributed by atoms with E-state index in [-0.39, 0.29) is 29.5 Å². The van der Waals surface area contributed by atoms with E-state index in [4.69, 9.17) is 21.4 Å². The molecule has 0 saturated heterocycles. The van der Waals surface area contributed by atoms with Crippen molar-refractivity contribution in [3.05, 3.63) is 71.6 Å². The number of anilines is 2. The molecule has 2 heterocycles. The van der Waals surface area contributed by atoms with Crippen molar-refractivity contribution in [2.75, 3.05) is 11.9 Å². The minimum absolute atomic E-state index is 0.0138. The Bertz CT molecular complexity index is 1360. The quantitative estimate of drug-likeness (QED) is 0.245. The molecule has 0 amide bonds. The Hall–Kier alpha value is -3.34. The van der Waals surface area contributed by atoms with Gasteiger partial charge in [-0.1, -0.05) is 17.7 Å². The molecule has 0 aliphatic heterocycles. The molecule has 190 valence electrons. The van der Waals surface area contributed by atoms with Crippen molar-refractivity contribution in [3.63, 3.8) is 0 Å². The SMILES string of the molecule is CC(O)(CCO)CCn1ccc2ncnc(Nc3ccc(Oc4cccc(C(F)(F)F)c4)c(Cl)c3)c21. The minimum Gasteiger partial charge on any atom is -0.456 e. The first-order chi connectivity index (χ1) is 17.1. The Balaban J connectivity index is 1.54. The molecule has 1 atom stereocenters. The van der Waals surface area contributed by atoms with E-state index in [1.165, 1.54) is 18.5 Å². The molecule has 4 aromatic rings. The fourth-order valence-electron chi connectivity index (χ4n) is 3.70. The van der Waals surface area contributed by atoms with Gasteiger partial charge in [0.15, 0.2) is 5.82 Å². The van der Waals surface area contributed by atoms with Crippen LogP contribution in [0.5, 0.6) is 11.5 Å². The maximum absolute atomic E-state index is 13.0. The molecule has 3 N–H and O–H groups in total. The standard InChI is InChI=1S/C25H24ClF3N4O3/c1-24(35,9-12-34)8-11-33-10-7-20-22(33)23(31-15-30-20)32-17-5-6-21(19(26)14-17)36-18-4-2-3-16(13-18)25(27,28)29/h2-7,10,13-15,34-35H,8-9,11-12H2,1H3,(H,30,31,32). The second kappa shape index (κ2) is 10.3. The monoisotopic (exact) mass is 520 g/mol. The summed E-state index contributed by atoms with van der Waals surface area (Å²) in [5.74, 6) is 0.720. The summed E-state index contributed by atoms with van der Waals surface area (Å²) in [6.45, 7) is 2.04. The van der Waals surface area contributed by atoms with Gasteiger partial charge in [0, 0.05) is 25.0 Å². The summed E-state index contributed by atoms with van der Waals surface area (Å²) in [6, 6.07) is 11.2. The lowest BCUT2D eigenvalue weighted by molar-refractivity contribution is -0.137. The average Bonchev–Trinajstić information content (AvgIpc) is 3.23. The van der Waals surface area contributed by atoms with E-state index in [0.717, 1.165) is 17.6 Å². The summed E-state index contributed by atoms with van der Waals surface area (Å²) in [6.07, 6.45) is -0.533. The van der Waals surface area contributed by atoms with Crippen molar-refractivity contribution in [2.45, 2.75) is 38.1 Å². The van der Waals surface area contributed by atoms with Gasteiger partial charge in [-0.2, -0.15) is 13.2 Å². The smallest absolute Gasteiger partial charge is 0.416 e. The number of aromatic nitrogens is 3. The number of nitrogens with zero attached hydrogens (tertiary/aromatic N) is 3. The molecule has 0 aliphatic carbocycles. The topological polar surface area (TPSA) is 92.4 Å². The number of hydrogen-bond donors (Lipinski definition) is 3. The largest absolute Gasteiger partial charge is 0.456 e. The van der Waals surface area contributed by atoms with Gasteiger partial charge in [0.05, 0.1) is 21.7 Å². The molecule has 1 unspecified atom stereocenters. The van der Waals surface area contributed by atoms with E-state index >= 15 is 0 Å². The van der Waals surface area contributed by atoms with Crippen LogP contribution in [0.3, 0.4) is 0 Å². The van der Waals surface area contributed by atoms with Gasteiger partial charge in [0.25, 0.3) is 0 Å². The highest BCUT2D eigenvalue weighted by atomic mass is 35.5. The molecule has 0 aliphatic rings. The van der Waals surface area contributed by atoms with Gasteiger partial charge in [0.1, 0.15) is 23.3 Å². The molecular weight excluding hydrogens is 497 g/mol. The number of nitrogens with one attached hydrogen (secondary N) is 1. The van der Waals surface area contributed by atoms with Gasteiger partial charge in [-0.3, -0.25) is 0 Å². The maximum Gasteiger partial charge on any atom is 0.416 e. The zero-order valence-corrected chi connectivity index (χ0v) is 20.0. The zero-order valence-electron chi connectivity index (χ0n) is 19.3. The van der Waals surface area contributed by atoms with E-state index in [1.807, 2.05) is 16.8 Å². The van der Waals surface area contributed by atoms with Crippen molar-refractivity contribution in [2.24, 2.45) is 0 Å². The third-order valence-electron chi connectivity index (χ3n) is 5.68. The molecule has 0 radical (unpaired) electrons. The predicted octanol–water partition coefficient (Wildman–Crippen LogP) is 6.16. The maximum atomic E-state index is 13.0. The zero-order chi connectivity index (χ0) is 25.9. The first kappa shape index (κ1) is 25.7. The summed E-state index contributed by atoms with van der Waals surface area (Å²) >= 11 is 6.36. The minimum atomic E-state index is -4.48. The van der Waals surface area contributed by atoms with Crippen LogP contribution in [-0.2, 0) is 12.7 Å². The molecule has 0 saturated carbocycles. The molecule has 11 heteroatoms. The van der Waals surface area contributed by atoms with Crippen LogP contribution in [0.4, 0.5) is 24.7 Å². The Morgan fingerprint density at radius 1 is 1.08 bits per heavy atom. The summed E-state index contributed by atoms with van der Waals surface area (Å²) in [5, 5.41) is 22.9. The van der Waals surface area contributed by atoms with Gasteiger partial charge in [0.2, 0.25) is 0 Å². The molecule has 36 heavy (non-hydrogen) atoms. The predicted molar refractivity (Wildman–Crippen MR) is 131 cm³/mol. The van der Waals surface area contributed by atoms with E-state index in [9.17, 15) is 18.3 Å². The fourth-order valence-corrected chi connectivity index (χ4v) is 3.92. The first-order valence-corrected chi connectivity index (χ1v) is 11.5. The number of benzene rings is 2. The lowest BCUT2D eigenvalue weighted by Gasteiger charge is -2.22. The van der Waals surface area contributed by atoms with E-state index in [0.29, 0.717) is 30.0 Å². The Kier molecular flexibility index (Phi) is 7.39. The van der Waals surface area contributed by atoms with Crippen LogP contribution in [0.1, 0.15) is 25.3 Å². The van der Waals surface area contributed by atoms with Crippen LogP contribution >= 0.6 is 11.6 Å². The van der Waals surface area contributed by atoms with E-state index in [2.05, 4.69) is 15.3 Å². The molecule has 7 nitrogen and oxygen atoms in total. The van der Waals surface area contributed by atoms with Crippen molar-refractivity contribution >= 4 is 34.1 Å². The lowest BCUT2D eigenvalue weighted by Crippen LogP contribution is -2.27. The first-order valence-electron chi connectivity index (χ1n) is 11.1. The number of aryl methyl sites for hydroxylation is 1. The van der Waals surface area contributed by atoms with Crippen LogP contribution in [0, 0.1) is 0 Å². The van der Waals surface area contributed by atoms with Crippen LogP contribution < -0.4 is 10.1 Å². The molecule has 2 aromatic heterocycles. The molecular formula is C25H24ClF3N4O3. The number of halogens is 4. The number of rotatable bonds is 9. The summed E-state index contributed by atoms with van der Waals surface area (Å²) < 4.78 is 46.4. The van der Waals surface area contributed by atoms with E-state index in [1.54, 1.807) is 25.1 Å².